The summed E-state index contributed by atoms with van der Waals surface area (Å²) in [5, 5.41) is 16.2. The molecule has 30 heavy (non-hydrogen) atoms. The van der Waals surface area contributed by atoms with E-state index < -0.39 is 0 Å². The minimum absolute atomic E-state index is 0.0667. The number of halogens is 1. The minimum atomic E-state index is -0.229. The molecule has 5 rings (SSSR count). The van der Waals surface area contributed by atoms with Crippen LogP contribution in [0.5, 0.6) is 5.88 Å². The van der Waals surface area contributed by atoms with Crippen molar-refractivity contribution in [3.63, 3.8) is 0 Å². The number of ether oxygens (including phenoxy) is 1. The predicted octanol–water partition coefficient (Wildman–Crippen LogP) is 4.61. The van der Waals surface area contributed by atoms with Gasteiger partial charge in [0.15, 0.2) is 5.76 Å². The van der Waals surface area contributed by atoms with Crippen LogP contribution < -0.4 is 0 Å². The van der Waals surface area contributed by atoms with Gasteiger partial charge in [-0.25, -0.2) is 0 Å². The highest BCUT2D eigenvalue weighted by atomic mass is 35.5. The Morgan fingerprint density at radius 1 is 1.17 bits per heavy atom. The van der Waals surface area contributed by atoms with Gasteiger partial charge in [-0.05, 0) is 37.6 Å². The fraction of sp³-hybridized carbons (Fsp3) is 0.333. The summed E-state index contributed by atoms with van der Waals surface area (Å²) in [6.07, 6.45) is 1.73. The smallest absolute Gasteiger partial charge is 0.230 e. The summed E-state index contributed by atoms with van der Waals surface area (Å²) in [6.45, 7) is 5.57. The fourth-order valence-corrected chi connectivity index (χ4v) is 5.41. The maximum atomic E-state index is 11.1. The number of furan rings is 1. The number of rotatable bonds is 4. The lowest BCUT2D eigenvalue weighted by Crippen LogP contribution is -2.47. The Bertz CT molecular complexity index is 1160. The van der Waals surface area contributed by atoms with Crippen molar-refractivity contribution >= 4 is 27.9 Å². The van der Waals surface area contributed by atoms with E-state index in [4.69, 9.17) is 20.8 Å². The van der Waals surface area contributed by atoms with Crippen LogP contribution in [0.2, 0.25) is 5.02 Å². The highest BCUT2D eigenvalue weighted by molar-refractivity contribution is 7.17. The van der Waals surface area contributed by atoms with E-state index in [2.05, 4.69) is 28.8 Å². The maximum Gasteiger partial charge on any atom is 0.230 e. The zero-order valence-electron chi connectivity index (χ0n) is 16.5. The Kier molecular flexibility index (Phi) is 5.02. The van der Waals surface area contributed by atoms with Gasteiger partial charge in [-0.3, -0.25) is 4.90 Å². The second-order valence-corrected chi connectivity index (χ2v) is 8.95. The number of aromatic hydroxyl groups is 1. The van der Waals surface area contributed by atoms with Crippen LogP contribution in [0.25, 0.3) is 16.5 Å². The molecule has 1 aliphatic rings. The summed E-state index contributed by atoms with van der Waals surface area (Å²) in [4.78, 5) is 8.21. The minimum Gasteiger partial charge on any atom is -0.492 e. The van der Waals surface area contributed by atoms with Crippen molar-refractivity contribution in [3.8, 4) is 17.5 Å². The van der Waals surface area contributed by atoms with Crippen molar-refractivity contribution in [2.75, 3.05) is 13.1 Å². The van der Waals surface area contributed by atoms with Crippen LogP contribution in [-0.4, -0.2) is 49.9 Å². The Labute approximate surface area is 182 Å². The molecule has 1 aliphatic heterocycles. The topological polar surface area (TPSA) is 76.0 Å². The van der Waals surface area contributed by atoms with Crippen molar-refractivity contribution in [3.05, 3.63) is 58.1 Å². The first kappa shape index (κ1) is 19.6. The molecule has 4 heterocycles. The molecule has 1 N–H and O–H groups in total. The zero-order valence-corrected chi connectivity index (χ0v) is 18.1. The molecule has 7 nitrogen and oxygen atoms in total. The Morgan fingerprint density at radius 2 is 1.93 bits per heavy atom. The van der Waals surface area contributed by atoms with Crippen LogP contribution in [0.1, 0.15) is 30.3 Å². The summed E-state index contributed by atoms with van der Waals surface area (Å²) in [5.74, 6) is 1.07. The van der Waals surface area contributed by atoms with Crippen molar-refractivity contribution in [1.29, 1.82) is 0 Å². The van der Waals surface area contributed by atoms with Crippen LogP contribution in [-0.2, 0) is 4.74 Å². The van der Waals surface area contributed by atoms with Crippen LogP contribution in [0, 0.1) is 0 Å². The lowest BCUT2D eigenvalue weighted by atomic mass is 10.0. The van der Waals surface area contributed by atoms with Crippen LogP contribution in [0.4, 0.5) is 0 Å². The van der Waals surface area contributed by atoms with Gasteiger partial charge < -0.3 is 14.3 Å². The number of aromatic nitrogens is 3. The molecule has 3 aromatic heterocycles. The van der Waals surface area contributed by atoms with Crippen LogP contribution in [0.3, 0.4) is 0 Å². The van der Waals surface area contributed by atoms with E-state index in [0.29, 0.717) is 21.6 Å². The molecule has 156 valence electrons. The van der Waals surface area contributed by atoms with Crippen LogP contribution in [0.15, 0.2) is 47.1 Å². The van der Waals surface area contributed by atoms with Gasteiger partial charge >= 0.3 is 0 Å². The molecule has 1 saturated heterocycles. The molecule has 0 amide bonds. The molecule has 1 fully saturated rings. The molecular weight excluding hydrogens is 424 g/mol. The maximum absolute atomic E-state index is 11.1. The van der Waals surface area contributed by atoms with Gasteiger partial charge in [0.05, 0.1) is 29.4 Å². The molecule has 9 heteroatoms. The standard InChI is InChI=1S/C21H21ClN4O3S/c1-12-10-25(11-13(2)29-12)17(14-6-3-4-7-15(14)22)18-20(27)26-21(30-18)23-19(24-26)16-8-5-9-28-16/h3-9,12-13,17,27H,10-11H2,1-2H3/t12-,13-,17+/m1/s1. The lowest BCUT2D eigenvalue weighted by molar-refractivity contribution is -0.0764. The normalized spacial score (nSPS) is 21.3. The summed E-state index contributed by atoms with van der Waals surface area (Å²) in [7, 11) is 0. The summed E-state index contributed by atoms with van der Waals surface area (Å²) >= 11 is 8.00. The molecule has 0 bridgehead atoms. The van der Waals surface area contributed by atoms with E-state index in [-0.39, 0.29) is 24.1 Å². The fourth-order valence-electron chi connectivity index (χ4n) is 4.07. The van der Waals surface area contributed by atoms with Gasteiger partial charge in [-0.15, -0.1) is 5.10 Å². The summed E-state index contributed by atoms with van der Waals surface area (Å²) < 4.78 is 12.8. The Hall–Kier alpha value is -2.39. The first-order chi connectivity index (χ1) is 14.5. The highest BCUT2D eigenvalue weighted by Crippen LogP contribution is 2.43. The second-order valence-electron chi connectivity index (χ2n) is 7.53. The average Bonchev–Trinajstić information content (AvgIpc) is 3.42. The molecule has 3 atom stereocenters. The third-order valence-electron chi connectivity index (χ3n) is 5.20. The first-order valence-electron chi connectivity index (χ1n) is 9.77. The van der Waals surface area contributed by atoms with Gasteiger partial charge in [-0.1, -0.05) is 41.1 Å². The molecule has 0 spiro atoms. The molecular formula is C21H21ClN4O3S. The van der Waals surface area contributed by atoms with Gasteiger partial charge in [0.2, 0.25) is 16.7 Å². The Morgan fingerprint density at radius 3 is 2.60 bits per heavy atom. The molecule has 0 unspecified atom stereocenters. The molecule has 0 aliphatic carbocycles. The number of nitrogens with zero attached hydrogens (tertiary/aromatic N) is 4. The van der Waals surface area contributed by atoms with Gasteiger partial charge in [0, 0.05) is 18.1 Å². The number of thiazole rings is 1. The number of morpholine rings is 1. The van der Waals surface area contributed by atoms with Crippen molar-refractivity contribution in [1.82, 2.24) is 19.5 Å². The average molecular weight is 445 g/mol. The molecule has 0 saturated carbocycles. The SMILES string of the molecule is C[C@@H]1CN([C@@H](c2ccccc2Cl)c2sc3nc(-c4ccco4)nn3c2O)C[C@@H](C)O1. The zero-order chi connectivity index (χ0) is 20.8. The van der Waals surface area contributed by atoms with E-state index in [1.807, 2.05) is 24.3 Å². The number of fused-ring (bicyclic) bond motifs is 1. The lowest BCUT2D eigenvalue weighted by Gasteiger charge is -2.40. The first-order valence-corrected chi connectivity index (χ1v) is 11.0. The number of hydrogen-bond donors (Lipinski definition) is 1. The van der Waals surface area contributed by atoms with Crippen LogP contribution >= 0.6 is 22.9 Å². The van der Waals surface area contributed by atoms with Crippen molar-refractivity contribution < 1.29 is 14.3 Å². The largest absolute Gasteiger partial charge is 0.492 e. The van der Waals surface area contributed by atoms with E-state index in [0.717, 1.165) is 23.5 Å². The summed E-state index contributed by atoms with van der Waals surface area (Å²) in [6, 6.07) is 11.1. The van der Waals surface area contributed by atoms with E-state index in [1.165, 1.54) is 15.9 Å². The predicted molar refractivity (Wildman–Crippen MR) is 115 cm³/mol. The molecule has 4 aromatic rings. The second kappa shape index (κ2) is 7.70. The van der Waals surface area contributed by atoms with Gasteiger partial charge in [0.1, 0.15) is 0 Å². The third kappa shape index (κ3) is 3.39. The number of benzene rings is 1. The molecule has 0 radical (unpaired) electrons. The quantitative estimate of drug-likeness (QED) is 0.495. The third-order valence-corrected chi connectivity index (χ3v) is 6.62. The van der Waals surface area contributed by atoms with Crippen molar-refractivity contribution in [2.24, 2.45) is 0 Å². The van der Waals surface area contributed by atoms with Gasteiger partial charge in [0.25, 0.3) is 0 Å². The van der Waals surface area contributed by atoms with E-state index in [9.17, 15) is 5.11 Å². The van der Waals surface area contributed by atoms with Crippen molar-refractivity contribution in [2.45, 2.75) is 32.1 Å². The number of hydrogen-bond acceptors (Lipinski definition) is 7. The van der Waals surface area contributed by atoms with Gasteiger partial charge in [-0.2, -0.15) is 9.50 Å². The van der Waals surface area contributed by atoms with E-state index >= 15 is 0 Å². The van der Waals surface area contributed by atoms with E-state index in [1.54, 1.807) is 18.4 Å². The Balaban J connectivity index is 1.62. The monoisotopic (exact) mass is 444 g/mol. The molecule has 1 aromatic carbocycles. The summed E-state index contributed by atoms with van der Waals surface area (Å²) in [5.41, 5.74) is 0.937. The highest BCUT2D eigenvalue weighted by Gasteiger charge is 2.35.